The van der Waals surface area contributed by atoms with Gasteiger partial charge in [0.25, 0.3) is 0 Å². The molecule has 1 N–H and O–H groups in total. The van der Waals surface area contributed by atoms with E-state index in [2.05, 4.69) is 0 Å². The number of hydrogen-bond acceptors (Lipinski definition) is 4. The van der Waals surface area contributed by atoms with Crippen LogP contribution >= 0.6 is 11.8 Å². The van der Waals surface area contributed by atoms with E-state index in [0.717, 1.165) is 22.6 Å². The van der Waals surface area contributed by atoms with Gasteiger partial charge in [-0.05, 0) is 35.4 Å². The molecular formula is C24H24N2O3S. The summed E-state index contributed by atoms with van der Waals surface area (Å²) in [5.41, 5.74) is 2.58. The van der Waals surface area contributed by atoms with Crippen molar-refractivity contribution in [2.45, 2.75) is 11.8 Å². The molecule has 1 unspecified atom stereocenters. The fourth-order valence-electron chi connectivity index (χ4n) is 2.89. The van der Waals surface area contributed by atoms with Gasteiger partial charge in [0.2, 0.25) is 0 Å². The summed E-state index contributed by atoms with van der Waals surface area (Å²) in [4.78, 5) is 18.8. The van der Waals surface area contributed by atoms with Crippen molar-refractivity contribution in [3.63, 3.8) is 0 Å². The van der Waals surface area contributed by atoms with Crippen LogP contribution in [-0.4, -0.2) is 35.3 Å². The first-order chi connectivity index (χ1) is 14.6. The molecule has 5 nitrogen and oxygen atoms in total. The Hall–Kier alpha value is -3.25. The summed E-state index contributed by atoms with van der Waals surface area (Å²) in [5.74, 6) is -0.157. The first kappa shape index (κ1) is 21.5. The number of aliphatic carboxylic acids is 1. The fraction of sp³-hybridized carbons (Fsp3) is 0.167. The van der Waals surface area contributed by atoms with Crippen molar-refractivity contribution in [1.29, 1.82) is 0 Å². The average molecular weight is 421 g/mol. The Labute approximate surface area is 181 Å². The maximum Gasteiger partial charge on any atom is 0.321 e. The van der Waals surface area contributed by atoms with E-state index in [1.54, 1.807) is 7.11 Å². The summed E-state index contributed by atoms with van der Waals surface area (Å²) >= 11 is 1.23. The standard InChI is InChI=1S/C24H24N2O3S/c1-26(17-18-9-5-3-6-10-18)24(25-20-13-15-21(29-2)16-14-20)30-22(23(27)28)19-11-7-4-8-12-19/h3-16,22H,17H2,1-2H3,(H,27,28). The largest absolute Gasteiger partial charge is 0.497 e. The molecule has 3 aromatic rings. The van der Waals surface area contributed by atoms with Gasteiger partial charge in [0.05, 0.1) is 12.8 Å². The number of rotatable bonds is 7. The number of thioether (sulfide) groups is 1. The number of aliphatic imine (C=N–C) groups is 1. The molecule has 0 aromatic heterocycles. The SMILES string of the molecule is COc1ccc(N=C(SC(C(=O)O)c2ccccc2)N(C)Cc2ccccc2)cc1. The Bertz CT molecular complexity index is 976. The zero-order valence-electron chi connectivity index (χ0n) is 16.9. The molecule has 154 valence electrons. The van der Waals surface area contributed by atoms with Crippen LogP contribution in [0, 0.1) is 0 Å². The lowest BCUT2D eigenvalue weighted by Crippen LogP contribution is -2.25. The van der Waals surface area contributed by atoms with Crippen LogP contribution in [0.4, 0.5) is 5.69 Å². The summed E-state index contributed by atoms with van der Waals surface area (Å²) in [6.07, 6.45) is 0. The maximum atomic E-state index is 12.0. The van der Waals surface area contributed by atoms with E-state index < -0.39 is 11.2 Å². The topological polar surface area (TPSA) is 62.1 Å². The smallest absolute Gasteiger partial charge is 0.321 e. The number of benzene rings is 3. The Balaban J connectivity index is 1.92. The van der Waals surface area contributed by atoms with Crippen LogP contribution in [0.1, 0.15) is 16.4 Å². The normalized spacial score (nSPS) is 12.3. The van der Waals surface area contributed by atoms with Crippen LogP contribution in [0.15, 0.2) is 89.9 Å². The molecule has 0 bridgehead atoms. The molecule has 30 heavy (non-hydrogen) atoms. The minimum absolute atomic E-state index is 0.615. The molecular weight excluding hydrogens is 396 g/mol. The second-order valence-electron chi connectivity index (χ2n) is 6.68. The highest BCUT2D eigenvalue weighted by Crippen LogP contribution is 2.33. The van der Waals surface area contributed by atoms with Crippen LogP contribution in [0.5, 0.6) is 5.75 Å². The molecule has 1 atom stereocenters. The van der Waals surface area contributed by atoms with Gasteiger partial charge in [-0.2, -0.15) is 0 Å². The summed E-state index contributed by atoms with van der Waals surface area (Å²) in [5, 5.41) is 9.73. The molecule has 0 amide bonds. The van der Waals surface area contributed by atoms with Crippen molar-refractivity contribution in [3.8, 4) is 5.75 Å². The molecule has 0 spiro atoms. The first-order valence-corrected chi connectivity index (χ1v) is 10.4. The van der Waals surface area contributed by atoms with Gasteiger partial charge >= 0.3 is 5.97 Å². The molecule has 3 rings (SSSR count). The van der Waals surface area contributed by atoms with Gasteiger partial charge < -0.3 is 14.7 Å². The van der Waals surface area contributed by atoms with E-state index in [-0.39, 0.29) is 0 Å². The summed E-state index contributed by atoms with van der Waals surface area (Å²) < 4.78 is 5.21. The van der Waals surface area contributed by atoms with Crippen molar-refractivity contribution in [2.24, 2.45) is 4.99 Å². The predicted octanol–water partition coefficient (Wildman–Crippen LogP) is 5.37. The van der Waals surface area contributed by atoms with Crippen molar-refractivity contribution in [3.05, 3.63) is 96.1 Å². The molecule has 0 aliphatic heterocycles. The maximum absolute atomic E-state index is 12.0. The van der Waals surface area contributed by atoms with E-state index in [1.165, 1.54) is 11.8 Å². The second-order valence-corrected chi connectivity index (χ2v) is 7.75. The summed E-state index contributed by atoms with van der Waals surface area (Å²) in [6.45, 7) is 0.615. The lowest BCUT2D eigenvalue weighted by atomic mass is 10.1. The second kappa shape index (κ2) is 10.5. The summed E-state index contributed by atoms with van der Waals surface area (Å²) in [7, 11) is 3.54. The van der Waals surface area contributed by atoms with E-state index in [4.69, 9.17) is 9.73 Å². The Kier molecular flexibility index (Phi) is 7.51. The molecule has 0 aliphatic rings. The monoisotopic (exact) mass is 420 g/mol. The van der Waals surface area contributed by atoms with Gasteiger partial charge in [0, 0.05) is 13.6 Å². The first-order valence-electron chi connectivity index (χ1n) is 9.49. The van der Waals surface area contributed by atoms with Crippen molar-refractivity contribution < 1.29 is 14.6 Å². The number of nitrogens with zero attached hydrogens (tertiary/aromatic N) is 2. The average Bonchev–Trinajstić information content (AvgIpc) is 2.78. The summed E-state index contributed by atoms with van der Waals surface area (Å²) in [6, 6.07) is 26.6. The molecule has 0 saturated carbocycles. The molecule has 0 saturated heterocycles. The van der Waals surface area contributed by atoms with Crippen LogP contribution in [0.3, 0.4) is 0 Å². The zero-order chi connectivity index (χ0) is 21.3. The molecule has 0 heterocycles. The molecule has 0 radical (unpaired) electrons. The highest BCUT2D eigenvalue weighted by molar-refractivity contribution is 8.14. The fourth-order valence-corrected chi connectivity index (χ4v) is 3.90. The van der Waals surface area contributed by atoms with Gasteiger partial charge in [-0.1, -0.05) is 72.4 Å². The third kappa shape index (κ3) is 5.87. The number of hydrogen-bond donors (Lipinski definition) is 1. The third-order valence-corrected chi connectivity index (χ3v) is 5.76. The molecule has 0 fully saturated rings. The Morgan fingerprint density at radius 2 is 1.60 bits per heavy atom. The van der Waals surface area contributed by atoms with E-state index in [0.29, 0.717) is 11.7 Å². The Morgan fingerprint density at radius 3 is 2.17 bits per heavy atom. The zero-order valence-corrected chi connectivity index (χ0v) is 17.8. The number of carboxylic acids is 1. The van der Waals surface area contributed by atoms with E-state index in [1.807, 2.05) is 96.9 Å². The number of methoxy groups -OCH3 is 1. The van der Waals surface area contributed by atoms with Gasteiger partial charge in [-0.25, -0.2) is 4.99 Å². The number of amidine groups is 1. The lowest BCUT2D eigenvalue weighted by Gasteiger charge is -2.23. The van der Waals surface area contributed by atoms with Crippen LogP contribution < -0.4 is 4.74 Å². The lowest BCUT2D eigenvalue weighted by molar-refractivity contribution is -0.136. The number of ether oxygens (including phenoxy) is 1. The van der Waals surface area contributed by atoms with Crippen molar-refractivity contribution in [2.75, 3.05) is 14.2 Å². The van der Waals surface area contributed by atoms with Gasteiger partial charge in [-0.3, -0.25) is 4.79 Å². The van der Waals surface area contributed by atoms with E-state index >= 15 is 0 Å². The molecule has 3 aromatic carbocycles. The van der Waals surface area contributed by atoms with Gasteiger partial charge in [0.15, 0.2) is 5.17 Å². The highest BCUT2D eigenvalue weighted by Gasteiger charge is 2.25. The minimum Gasteiger partial charge on any atom is -0.497 e. The van der Waals surface area contributed by atoms with E-state index in [9.17, 15) is 9.90 Å². The molecule has 0 aliphatic carbocycles. The van der Waals surface area contributed by atoms with Crippen molar-refractivity contribution in [1.82, 2.24) is 4.90 Å². The molecule has 6 heteroatoms. The third-order valence-electron chi connectivity index (χ3n) is 4.44. The van der Waals surface area contributed by atoms with Crippen LogP contribution in [0.2, 0.25) is 0 Å². The highest BCUT2D eigenvalue weighted by atomic mass is 32.2. The number of carboxylic acid groups (broad SMARTS) is 1. The quantitative estimate of drug-likeness (QED) is 0.411. The van der Waals surface area contributed by atoms with Crippen LogP contribution in [-0.2, 0) is 11.3 Å². The van der Waals surface area contributed by atoms with Gasteiger partial charge in [0.1, 0.15) is 11.0 Å². The number of carbonyl (C=O) groups is 1. The predicted molar refractivity (Wildman–Crippen MR) is 122 cm³/mol. The minimum atomic E-state index is -0.901. The van der Waals surface area contributed by atoms with Crippen LogP contribution in [0.25, 0.3) is 0 Å². The van der Waals surface area contributed by atoms with Crippen molar-refractivity contribution >= 4 is 28.6 Å². The Morgan fingerprint density at radius 1 is 1.00 bits per heavy atom. The van der Waals surface area contributed by atoms with Gasteiger partial charge in [-0.15, -0.1) is 0 Å².